The van der Waals surface area contributed by atoms with Gasteiger partial charge in [0.25, 0.3) is 0 Å². The highest BCUT2D eigenvalue weighted by Gasteiger charge is 2.24. The molecule has 3 atom stereocenters. The summed E-state index contributed by atoms with van der Waals surface area (Å²) < 4.78 is 23.5. The molecule has 0 amide bonds. The van der Waals surface area contributed by atoms with Crippen molar-refractivity contribution in [1.29, 1.82) is 0 Å². The average Bonchev–Trinajstić information content (AvgIpc) is 3.23. The van der Waals surface area contributed by atoms with Gasteiger partial charge in [-0.15, -0.1) is 0 Å². The Labute approximate surface area is 267 Å². The van der Waals surface area contributed by atoms with Gasteiger partial charge in [0, 0.05) is 18.9 Å². The number of rotatable bonds is 14. The maximum absolute atomic E-state index is 12.2. The summed E-state index contributed by atoms with van der Waals surface area (Å²) in [5.74, 6) is 0.709. The Morgan fingerprint density at radius 1 is 0.733 bits per heavy atom. The summed E-state index contributed by atoms with van der Waals surface area (Å²) in [7, 11) is 0. The smallest absolute Gasteiger partial charge is 0.335 e. The minimum Gasteiger partial charge on any atom is -0.491 e. The van der Waals surface area contributed by atoms with Gasteiger partial charge < -0.3 is 18.9 Å². The molecule has 0 N–H and O–H groups in total. The molecule has 3 unspecified atom stereocenters. The minimum absolute atomic E-state index is 0.207. The van der Waals surface area contributed by atoms with E-state index in [0.717, 1.165) is 23.3 Å². The Morgan fingerprint density at radius 2 is 1.49 bits per heavy atom. The van der Waals surface area contributed by atoms with Gasteiger partial charge in [-0.1, -0.05) is 105 Å². The summed E-state index contributed by atoms with van der Waals surface area (Å²) in [6, 6.07) is 31.9. The van der Waals surface area contributed by atoms with E-state index in [1.54, 1.807) is 6.92 Å². The normalized spacial score (nSPS) is 15.0. The Bertz CT molecular complexity index is 1570. The second kappa shape index (κ2) is 15.7. The van der Waals surface area contributed by atoms with E-state index in [9.17, 15) is 4.79 Å². The average molecular weight is 605 g/mol. The van der Waals surface area contributed by atoms with E-state index in [4.69, 9.17) is 18.9 Å². The number of carbonyl (C=O) groups excluding carboxylic acids is 1. The molecular weight excluding hydrogens is 560 g/mol. The van der Waals surface area contributed by atoms with E-state index < -0.39 is 6.10 Å². The molecule has 0 radical (unpaired) electrons. The molecule has 0 aliphatic heterocycles. The Balaban J connectivity index is 1.28. The predicted octanol–water partition coefficient (Wildman–Crippen LogP) is 8.58. The van der Waals surface area contributed by atoms with Crippen LogP contribution in [0.5, 0.6) is 5.75 Å². The highest BCUT2D eigenvalue weighted by Crippen LogP contribution is 2.38. The molecule has 0 saturated carbocycles. The van der Waals surface area contributed by atoms with Crippen LogP contribution in [0.3, 0.4) is 0 Å². The van der Waals surface area contributed by atoms with Crippen LogP contribution in [0.25, 0.3) is 12.2 Å². The second-order valence-electron chi connectivity index (χ2n) is 11.3. The topological polar surface area (TPSA) is 54.0 Å². The van der Waals surface area contributed by atoms with Gasteiger partial charge in [-0.2, -0.15) is 0 Å². The van der Waals surface area contributed by atoms with Crippen LogP contribution in [0.2, 0.25) is 0 Å². The van der Waals surface area contributed by atoms with Crippen molar-refractivity contribution >= 4 is 18.1 Å². The maximum Gasteiger partial charge on any atom is 0.335 e. The van der Waals surface area contributed by atoms with Crippen LogP contribution in [-0.4, -0.2) is 38.5 Å². The fourth-order valence-corrected chi connectivity index (χ4v) is 5.84. The summed E-state index contributed by atoms with van der Waals surface area (Å²) >= 11 is 0. The zero-order valence-electron chi connectivity index (χ0n) is 26.8. The lowest BCUT2D eigenvalue weighted by Gasteiger charge is -2.23. The van der Waals surface area contributed by atoms with Gasteiger partial charge in [0.2, 0.25) is 0 Å². The fraction of sp³-hybridized carbons (Fsp3) is 0.325. The minimum atomic E-state index is -0.610. The van der Waals surface area contributed by atoms with Crippen LogP contribution < -0.4 is 4.74 Å². The molecule has 45 heavy (non-hydrogen) atoms. The summed E-state index contributed by atoms with van der Waals surface area (Å²) in [6.45, 7) is 9.74. The Kier molecular flexibility index (Phi) is 11.2. The SMILES string of the molecule is CCOC(=O)C(Cc1ccc(OCCOC2c3ccc(C(C)c4ccccc4)cc3C=Cc3ccc(CC)cc32)cc1)OCC. The molecule has 0 spiro atoms. The van der Waals surface area contributed by atoms with Gasteiger partial charge in [-0.05, 0) is 76.9 Å². The van der Waals surface area contributed by atoms with Crippen molar-refractivity contribution in [2.75, 3.05) is 26.4 Å². The highest BCUT2D eigenvalue weighted by molar-refractivity contribution is 5.77. The summed E-state index contributed by atoms with van der Waals surface area (Å²) in [4.78, 5) is 12.2. The van der Waals surface area contributed by atoms with E-state index in [1.165, 1.54) is 33.4 Å². The molecule has 5 nitrogen and oxygen atoms in total. The Morgan fingerprint density at radius 3 is 2.22 bits per heavy atom. The van der Waals surface area contributed by atoms with Crippen LogP contribution in [-0.2, 0) is 31.8 Å². The first kappa shape index (κ1) is 32.2. The third-order valence-electron chi connectivity index (χ3n) is 8.38. The first-order valence-corrected chi connectivity index (χ1v) is 16.1. The number of esters is 1. The molecule has 1 aliphatic carbocycles. The monoisotopic (exact) mass is 604 g/mol. The largest absolute Gasteiger partial charge is 0.491 e. The zero-order chi connectivity index (χ0) is 31.6. The van der Waals surface area contributed by atoms with Crippen LogP contribution >= 0.6 is 0 Å². The van der Waals surface area contributed by atoms with Crippen molar-refractivity contribution < 1.29 is 23.7 Å². The quantitative estimate of drug-likeness (QED) is 0.107. The number of ether oxygens (including phenoxy) is 4. The first-order valence-electron chi connectivity index (χ1n) is 16.1. The lowest BCUT2D eigenvalue weighted by atomic mass is 9.88. The molecule has 0 aromatic heterocycles. The van der Waals surface area contributed by atoms with Crippen molar-refractivity contribution in [2.24, 2.45) is 0 Å². The molecule has 0 bridgehead atoms. The lowest BCUT2D eigenvalue weighted by molar-refractivity contribution is -0.156. The number of hydrogen-bond acceptors (Lipinski definition) is 5. The Hall–Kier alpha value is -4.19. The molecule has 5 rings (SSSR count). The summed E-state index contributed by atoms with van der Waals surface area (Å²) in [6.07, 6.45) is 5.04. The van der Waals surface area contributed by atoms with Crippen molar-refractivity contribution in [2.45, 2.75) is 58.7 Å². The van der Waals surface area contributed by atoms with E-state index >= 15 is 0 Å². The molecule has 0 saturated heterocycles. The van der Waals surface area contributed by atoms with Crippen LogP contribution in [0.15, 0.2) is 91.0 Å². The van der Waals surface area contributed by atoms with Gasteiger partial charge >= 0.3 is 5.97 Å². The number of fused-ring (bicyclic) bond motifs is 2. The molecule has 4 aromatic carbocycles. The van der Waals surface area contributed by atoms with Crippen molar-refractivity contribution in [3.63, 3.8) is 0 Å². The van der Waals surface area contributed by atoms with Gasteiger partial charge in [0.15, 0.2) is 6.10 Å². The summed E-state index contributed by atoms with van der Waals surface area (Å²) in [5, 5.41) is 0. The van der Waals surface area contributed by atoms with Crippen molar-refractivity contribution in [3.05, 3.63) is 136 Å². The van der Waals surface area contributed by atoms with Crippen molar-refractivity contribution in [1.82, 2.24) is 0 Å². The predicted molar refractivity (Wildman–Crippen MR) is 181 cm³/mol. The number of carbonyl (C=O) groups is 1. The number of benzene rings is 4. The zero-order valence-corrected chi connectivity index (χ0v) is 26.8. The number of aryl methyl sites for hydroxylation is 1. The molecular formula is C40H44O5. The molecule has 0 fully saturated rings. The van der Waals surface area contributed by atoms with E-state index in [0.29, 0.717) is 32.8 Å². The van der Waals surface area contributed by atoms with Gasteiger partial charge in [-0.3, -0.25) is 0 Å². The van der Waals surface area contributed by atoms with Gasteiger partial charge in [0.05, 0.1) is 13.2 Å². The molecule has 5 heteroatoms. The molecule has 234 valence electrons. The fourth-order valence-electron chi connectivity index (χ4n) is 5.84. The standard InChI is InChI=1S/C40H44O5/c1-5-29-13-16-32-17-18-34-27-33(28(4)31-11-9-8-10-12-31)19-22-36(34)39(37(32)25-29)45-24-23-44-35-20-14-30(15-21-35)26-38(42-6-2)40(41)43-7-3/h8-22,25,27-28,38-39H,5-7,23-24,26H2,1-4H3. The van der Waals surface area contributed by atoms with E-state index in [-0.39, 0.29) is 18.0 Å². The van der Waals surface area contributed by atoms with E-state index in [1.807, 2.05) is 31.2 Å². The molecule has 0 heterocycles. The van der Waals surface area contributed by atoms with Crippen LogP contribution in [0.4, 0.5) is 0 Å². The van der Waals surface area contributed by atoms with Crippen LogP contribution in [0, 0.1) is 0 Å². The van der Waals surface area contributed by atoms with E-state index in [2.05, 4.69) is 92.7 Å². The first-order chi connectivity index (χ1) is 22.0. The highest BCUT2D eigenvalue weighted by atomic mass is 16.6. The molecule has 1 aliphatic rings. The maximum atomic E-state index is 12.2. The number of hydrogen-bond donors (Lipinski definition) is 0. The second-order valence-corrected chi connectivity index (χ2v) is 11.3. The summed E-state index contributed by atoms with van der Waals surface area (Å²) in [5.41, 5.74) is 9.56. The third kappa shape index (κ3) is 8.10. The van der Waals surface area contributed by atoms with Crippen LogP contribution in [0.1, 0.15) is 84.2 Å². The van der Waals surface area contributed by atoms with Gasteiger partial charge in [0.1, 0.15) is 18.5 Å². The molecule has 4 aromatic rings. The third-order valence-corrected chi connectivity index (χ3v) is 8.38. The lowest BCUT2D eigenvalue weighted by Crippen LogP contribution is -2.28. The van der Waals surface area contributed by atoms with Crippen molar-refractivity contribution in [3.8, 4) is 5.75 Å². The van der Waals surface area contributed by atoms with Gasteiger partial charge in [-0.25, -0.2) is 4.79 Å².